The fourth-order valence-corrected chi connectivity index (χ4v) is 5.60. The Morgan fingerprint density at radius 1 is 1.13 bits per heavy atom. The van der Waals surface area contributed by atoms with Crippen molar-refractivity contribution < 1.29 is 27.5 Å². The molecule has 1 aliphatic heterocycles. The summed E-state index contributed by atoms with van der Waals surface area (Å²) in [5, 5.41) is 6.93. The fourth-order valence-electron chi connectivity index (χ4n) is 5.60. The zero-order valence-corrected chi connectivity index (χ0v) is 21.7. The van der Waals surface area contributed by atoms with Crippen molar-refractivity contribution >= 4 is 23.1 Å². The SMILES string of the molecule is COc1ncc(-c2cc(C(F)(F)F)c3c(N)ncnn23)cc1C(=O)N[C@H]1CN(C(=O)C2CCCCC2)C[C@H]1C. The number of anilines is 1. The minimum absolute atomic E-state index is 0.0167. The average molecular weight is 546 g/mol. The van der Waals surface area contributed by atoms with Crippen LogP contribution in [0.5, 0.6) is 5.88 Å². The number of hydrogen-bond donors (Lipinski definition) is 2. The number of carbonyl (C=O) groups is 2. The van der Waals surface area contributed by atoms with Gasteiger partial charge < -0.3 is 20.7 Å². The smallest absolute Gasteiger partial charge is 0.418 e. The van der Waals surface area contributed by atoms with Gasteiger partial charge in [0.15, 0.2) is 5.82 Å². The molecule has 39 heavy (non-hydrogen) atoms. The van der Waals surface area contributed by atoms with E-state index in [1.807, 2.05) is 11.8 Å². The van der Waals surface area contributed by atoms with Crippen LogP contribution >= 0.6 is 0 Å². The summed E-state index contributed by atoms with van der Waals surface area (Å²) in [6.45, 7) is 2.92. The molecule has 2 atom stereocenters. The van der Waals surface area contributed by atoms with Gasteiger partial charge >= 0.3 is 6.18 Å². The Balaban J connectivity index is 1.42. The van der Waals surface area contributed by atoms with Crippen LogP contribution in [-0.2, 0) is 11.0 Å². The summed E-state index contributed by atoms with van der Waals surface area (Å²) < 4.78 is 47.6. The zero-order valence-electron chi connectivity index (χ0n) is 21.7. The summed E-state index contributed by atoms with van der Waals surface area (Å²) in [5.41, 5.74) is 4.66. The Morgan fingerprint density at radius 2 is 1.87 bits per heavy atom. The van der Waals surface area contributed by atoms with Crippen LogP contribution in [0.4, 0.5) is 19.0 Å². The second-order valence-electron chi connectivity index (χ2n) is 10.3. The Hall–Kier alpha value is -3.90. The van der Waals surface area contributed by atoms with E-state index < -0.39 is 17.6 Å². The monoisotopic (exact) mass is 545 g/mol. The van der Waals surface area contributed by atoms with Gasteiger partial charge in [-0.25, -0.2) is 14.5 Å². The number of amides is 2. The van der Waals surface area contributed by atoms with Crippen molar-refractivity contribution in [3.8, 4) is 17.1 Å². The first-order chi connectivity index (χ1) is 18.6. The van der Waals surface area contributed by atoms with Crippen molar-refractivity contribution in [2.75, 3.05) is 25.9 Å². The third kappa shape index (κ3) is 5.09. The number of rotatable bonds is 5. The molecule has 0 unspecified atom stereocenters. The van der Waals surface area contributed by atoms with Crippen LogP contribution in [0.15, 0.2) is 24.7 Å². The van der Waals surface area contributed by atoms with Gasteiger partial charge in [-0.3, -0.25) is 9.59 Å². The fraction of sp³-hybridized carbons (Fsp3) is 0.500. The number of nitrogens with one attached hydrogen (secondary N) is 1. The molecule has 0 spiro atoms. The Labute approximate surface area is 222 Å². The maximum absolute atomic E-state index is 13.8. The van der Waals surface area contributed by atoms with Gasteiger partial charge in [-0.2, -0.15) is 18.3 Å². The number of pyridine rings is 1. The second kappa shape index (κ2) is 10.3. The molecule has 0 radical (unpaired) electrons. The largest absolute Gasteiger partial charge is 0.480 e. The number of methoxy groups -OCH3 is 1. The van der Waals surface area contributed by atoms with Crippen LogP contribution in [0.25, 0.3) is 16.8 Å². The number of halogens is 3. The van der Waals surface area contributed by atoms with Crippen LogP contribution < -0.4 is 15.8 Å². The van der Waals surface area contributed by atoms with Crippen molar-refractivity contribution in [2.45, 2.75) is 51.2 Å². The van der Waals surface area contributed by atoms with E-state index in [1.165, 1.54) is 19.4 Å². The number of hydrogen-bond acceptors (Lipinski definition) is 7. The molecule has 1 aliphatic carbocycles. The van der Waals surface area contributed by atoms with E-state index in [9.17, 15) is 22.8 Å². The van der Waals surface area contributed by atoms with E-state index in [4.69, 9.17) is 10.5 Å². The predicted octanol–water partition coefficient (Wildman–Crippen LogP) is 3.56. The Kier molecular flexibility index (Phi) is 7.08. The molecule has 4 heterocycles. The Morgan fingerprint density at radius 3 is 2.56 bits per heavy atom. The molecule has 2 amide bonds. The molecule has 0 bridgehead atoms. The first-order valence-electron chi connectivity index (χ1n) is 12.9. The van der Waals surface area contributed by atoms with Crippen molar-refractivity contribution in [3.05, 3.63) is 35.8 Å². The van der Waals surface area contributed by atoms with Gasteiger partial charge in [0.2, 0.25) is 11.8 Å². The topological polar surface area (TPSA) is 128 Å². The van der Waals surface area contributed by atoms with Crippen molar-refractivity contribution in [1.29, 1.82) is 0 Å². The number of nitrogens with zero attached hydrogens (tertiary/aromatic N) is 5. The number of nitrogen functional groups attached to an aromatic ring is 1. The summed E-state index contributed by atoms with van der Waals surface area (Å²) in [5.74, 6) is -0.615. The number of nitrogens with two attached hydrogens (primary N) is 1. The van der Waals surface area contributed by atoms with Crippen molar-refractivity contribution in [2.24, 2.45) is 11.8 Å². The third-order valence-corrected chi connectivity index (χ3v) is 7.67. The van der Waals surface area contributed by atoms with Crippen molar-refractivity contribution in [3.63, 3.8) is 0 Å². The van der Waals surface area contributed by atoms with E-state index in [0.29, 0.717) is 13.1 Å². The summed E-state index contributed by atoms with van der Waals surface area (Å²) >= 11 is 0. The van der Waals surface area contributed by atoms with Gasteiger partial charge in [-0.05, 0) is 30.9 Å². The van der Waals surface area contributed by atoms with E-state index in [0.717, 1.165) is 49.0 Å². The summed E-state index contributed by atoms with van der Waals surface area (Å²) in [7, 11) is 1.35. The molecule has 3 aromatic heterocycles. The molecule has 5 rings (SSSR count). The number of fused-ring (bicyclic) bond motifs is 1. The minimum atomic E-state index is -4.71. The molecular formula is C26H30F3N7O3. The summed E-state index contributed by atoms with van der Waals surface area (Å²) in [6.07, 6.45) is 2.73. The van der Waals surface area contributed by atoms with Gasteiger partial charge in [0.05, 0.1) is 24.4 Å². The molecule has 13 heteroatoms. The zero-order chi connectivity index (χ0) is 27.9. The lowest BCUT2D eigenvalue weighted by molar-refractivity contribution is -0.136. The minimum Gasteiger partial charge on any atom is -0.480 e. The molecule has 3 N–H and O–H groups in total. The van der Waals surface area contributed by atoms with Gasteiger partial charge in [-0.1, -0.05) is 26.2 Å². The number of ether oxygens (including phenoxy) is 1. The highest BCUT2D eigenvalue weighted by Crippen LogP contribution is 2.39. The normalized spacial score (nSPS) is 20.4. The van der Waals surface area contributed by atoms with Crippen LogP contribution in [0.3, 0.4) is 0 Å². The molecular weight excluding hydrogens is 515 g/mol. The first-order valence-corrected chi connectivity index (χ1v) is 12.9. The van der Waals surface area contributed by atoms with Crippen LogP contribution in [0.2, 0.25) is 0 Å². The highest BCUT2D eigenvalue weighted by atomic mass is 19.4. The molecule has 1 saturated carbocycles. The number of alkyl halides is 3. The van der Waals surface area contributed by atoms with E-state index in [1.54, 1.807) is 0 Å². The third-order valence-electron chi connectivity index (χ3n) is 7.67. The maximum Gasteiger partial charge on any atom is 0.418 e. The highest BCUT2D eigenvalue weighted by Gasteiger charge is 2.38. The number of likely N-dealkylation sites (tertiary alicyclic amines) is 1. The second-order valence-corrected chi connectivity index (χ2v) is 10.3. The summed E-state index contributed by atoms with van der Waals surface area (Å²) in [6, 6.07) is 2.02. The lowest BCUT2D eigenvalue weighted by Gasteiger charge is -2.26. The average Bonchev–Trinajstić information content (AvgIpc) is 3.50. The Bertz CT molecular complexity index is 1400. The molecule has 2 fully saturated rings. The first kappa shape index (κ1) is 26.7. The van der Waals surface area contributed by atoms with E-state index >= 15 is 0 Å². The number of carbonyl (C=O) groups excluding carboxylic acids is 2. The molecule has 1 saturated heterocycles. The molecule has 2 aliphatic rings. The quantitative estimate of drug-likeness (QED) is 0.502. The summed E-state index contributed by atoms with van der Waals surface area (Å²) in [4.78, 5) is 36.1. The van der Waals surface area contributed by atoms with Crippen LogP contribution in [0, 0.1) is 11.8 Å². The van der Waals surface area contributed by atoms with Gasteiger partial charge in [0.1, 0.15) is 17.4 Å². The van der Waals surface area contributed by atoms with Crippen LogP contribution in [-0.4, -0.2) is 62.5 Å². The van der Waals surface area contributed by atoms with E-state index in [2.05, 4.69) is 20.4 Å². The lowest BCUT2D eigenvalue weighted by Crippen LogP contribution is -2.41. The predicted molar refractivity (Wildman–Crippen MR) is 136 cm³/mol. The van der Waals surface area contributed by atoms with Crippen molar-refractivity contribution in [1.82, 2.24) is 29.8 Å². The molecule has 3 aromatic rings. The van der Waals surface area contributed by atoms with Gasteiger partial charge in [0, 0.05) is 30.8 Å². The van der Waals surface area contributed by atoms with E-state index in [-0.39, 0.29) is 57.8 Å². The highest BCUT2D eigenvalue weighted by molar-refractivity contribution is 5.98. The van der Waals surface area contributed by atoms with Gasteiger partial charge in [0.25, 0.3) is 5.91 Å². The molecule has 208 valence electrons. The maximum atomic E-state index is 13.8. The molecule has 10 nitrogen and oxygen atoms in total. The van der Waals surface area contributed by atoms with Crippen LogP contribution in [0.1, 0.15) is 54.9 Å². The molecule has 0 aromatic carbocycles. The lowest BCUT2D eigenvalue weighted by atomic mass is 9.88. The van der Waals surface area contributed by atoms with Gasteiger partial charge in [-0.15, -0.1) is 0 Å². The standard InChI is InChI=1S/C26H30F3N7O3/c1-14-11-35(25(38)15-6-4-3-5-7-15)12-19(14)34-23(37)17-8-16(10-31-24(17)39-2)20-9-18(26(27,28)29)21-22(30)32-13-33-36(20)21/h8-10,13-15,19H,3-7,11-12H2,1-2H3,(H,34,37)(H2,30,32,33)/t14-,19+/m1/s1. The number of aromatic nitrogens is 4.